The van der Waals surface area contributed by atoms with Gasteiger partial charge in [-0.05, 0) is 171 Å². The molecular weight excluding hydrogens is 747 g/mol. The molecular formula is C54H37N7. The van der Waals surface area contributed by atoms with Crippen molar-refractivity contribution in [1.82, 2.24) is 29.9 Å². The molecule has 0 fully saturated rings. The Morgan fingerprint density at radius 3 is 0.836 bits per heavy atom. The number of pyridine rings is 6. The van der Waals surface area contributed by atoms with Crippen LogP contribution in [0.25, 0.3) is 101 Å². The lowest BCUT2D eigenvalue weighted by atomic mass is 9.91. The first kappa shape index (κ1) is 36.9. The van der Waals surface area contributed by atoms with E-state index in [1.807, 2.05) is 84.9 Å². The zero-order chi connectivity index (χ0) is 41.0. The Morgan fingerprint density at radius 1 is 0.230 bits per heavy atom. The summed E-state index contributed by atoms with van der Waals surface area (Å²) in [6.07, 6.45) is 7.17. The largest absolute Gasteiger partial charge is 0.399 e. The summed E-state index contributed by atoms with van der Waals surface area (Å²) >= 11 is 0. The Hall–Kier alpha value is -8.42. The third-order valence-electron chi connectivity index (χ3n) is 10.6. The standard InChI is InChI=1S/C54H37N7/c55-46-21-19-36(20-22-46)41-29-42(37-11-9-13-39(27-37)44-32-51(47-15-1-5-23-56-47)60-52(33-44)48-16-2-6-24-57-48)31-43(30-41)38-12-10-14-40(28-38)45-34-53(49-17-3-7-25-58-49)61-54(35-45)50-18-4-8-26-59-50/h1-35H,55H2. The van der Waals surface area contributed by atoms with Crippen LogP contribution < -0.4 is 5.73 Å². The molecule has 0 aliphatic carbocycles. The van der Waals surface area contributed by atoms with Crippen molar-refractivity contribution in [2.45, 2.75) is 0 Å². The summed E-state index contributed by atoms with van der Waals surface area (Å²) in [6.45, 7) is 0. The van der Waals surface area contributed by atoms with Crippen LogP contribution in [-0.2, 0) is 0 Å². The van der Waals surface area contributed by atoms with Gasteiger partial charge >= 0.3 is 0 Å². The van der Waals surface area contributed by atoms with E-state index in [9.17, 15) is 0 Å². The Kier molecular flexibility index (Phi) is 9.94. The highest BCUT2D eigenvalue weighted by Crippen LogP contribution is 2.38. The first-order valence-electron chi connectivity index (χ1n) is 20.0. The third-order valence-corrected chi connectivity index (χ3v) is 10.6. The van der Waals surface area contributed by atoms with Gasteiger partial charge in [0, 0.05) is 30.5 Å². The van der Waals surface area contributed by atoms with Crippen LogP contribution in [0.3, 0.4) is 0 Å². The lowest BCUT2D eigenvalue weighted by molar-refractivity contribution is 1.22. The molecule has 0 saturated carbocycles. The fourth-order valence-electron chi connectivity index (χ4n) is 7.54. The number of nitrogens with two attached hydrogens (primary N) is 1. The van der Waals surface area contributed by atoms with Gasteiger partial charge in [0.25, 0.3) is 0 Å². The van der Waals surface area contributed by atoms with Crippen molar-refractivity contribution in [2.75, 3.05) is 5.73 Å². The average Bonchev–Trinajstić information content (AvgIpc) is 3.35. The lowest BCUT2D eigenvalue weighted by Crippen LogP contribution is -1.94. The zero-order valence-electron chi connectivity index (χ0n) is 33.0. The van der Waals surface area contributed by atoms with Gasteiger partial charge in [-0.3, -0.25) is 19.9 Å². The summed E-state index contributed by atoms with van der Waals surface area (Å²) in [7, 11) is 0. The Labute approximate surface area is 354 Å². The van der Waals surface area contributed by atoms with E-state index < -0.39 is 0 Å². The minimum atomic E-state index is 0.723. The summed E-state index contributed by atoms with van der Waals surface area (Å²) in [6, 6.07) is 64.1. The number of benzene rings is 4. The molecule has 0 spiro atoms. The number of hydrogen-bond donors (Lipinski definition) is 1. The first-order chi connectivity index (χ1) is 30.1. The van der Waals surface area contributed by atoms with Crippen LogP contribution in [0.5, 0.6) is 0 Å². The Balaban J connectivity index is 1.09. The summed E-state index contributed by atoms with van der Waals surface area (Å²) in [5.74, 6) is 0. The van der Waals surface area contributed by atoms with Crippen LogP contribution >= 0.6 is 0 Å². The van der Waals surface area contributed by atoms with Crippen molar-refractivity contribution >= 4 is 5.69 Å². The molecule has 6 heterocycles. The molecule has 0 radical (unpaired) electrons. The molecule has 0 aliphatic rings. The van der Waals surface area contributed by atoms with Crippen molar-refractivity contribution in [2.24, 2.45) is 0 Å². The van der Waals surface area contributed by atoms with Gasteiger partial charge in [-0.25, -0.2) is 9.97 Å². The molecule has 7 heteroatoms. The Morgan fingerprint density at radius 2 is 0.525 bits per heavy atom. The van der Waals surface area contributed by atoms with Crippen LogP contribution in [0.2, 0.25) is 0 Å². The molecule has 0 unspecified atom stereocenters. The Bertz CT molecular complexity index is 2820. The molecule has 61 heavy (non-hydrogen) atoms. The van der Waals surface area contributed by atoms with E-state index in [4.69, 9.17) is 15.7 Å². The molecule has 0 aliphatic heterocycles. The van der Waals surface area contributed by atoms with Crippen LogP contribution in [-0.4, -0.2) is 29.9 Å². The molecule has 10 aromatic rings. The SMILES string of the molecule is Nc1ccc(-c2cc(-c3cccc(-c4cc(-c5ccccn5)nc(-c5ccccn5)c4)c3)cc(-c3cccc(-c4cc(-c5ccccn5)nc(-c5ccccn5)c4)c3)c2)cc1. The number of hydrogen-bond acceptors (Lipinski definition) is 7. The molecule has 4 aromatic carbocycles. The van der Waals surface area contributed by atoms with Crippen LogP contribution in [0, 0.1) is 0 Å². The summed E-state index contributed by atoms with van der Waals surface area (Å²) < 4.78 is 0. The number of aromatic nitrogens is 6. The van der Waals surface area contributed by atoms with Crippen LogP contribution in [0.15, 0.2) is 213 Å². The monoisotopic (exact) mass is 783 g/mol. The van der Waals surface area contributed by atoms with Gasteiger partial charge < -0.3 is 5.73 Å². The molecule has 10 rings (SSSR count). The molecule has 288 valence electrons. The molecule has 0 bridgehead atoms. The van der Waals surface area contributed by atoms with E-state index in [0.29, 0.717) is 0 Å². The zero-order valence-corrected chi connectivity index (χ0v) is 33.0. The highest BCUT2D eigenvalue weighted by atomic mass is 14.8. The molecule has 0 amide bonds. The summed E-state index contributed by atoms with van der Waals surface area (Å²) in [5.41, 5.74) is 23.9. The number of nitrogen functional groups attached to an aromatic ring is 1. The van der Waals surface area contributed by atoms with Gasteiger partial charge in [0.05, 0.1) is 45.6 Å². The molecule has 0 saturated heterocycles. The molecule has 6 aromatic heterocycles. The summed E-state index contributed by atoms with van der Waals surface area (Å²) in [4.78, 5) is 28.5. The third kappa shape index (κ3) is 8.04. The van der Waals surface area contributed by atoms with Gasteiger partial charge in [-0.15, -0.1) is 0 Å². The maximum absolute atomic E-state index is 6.16. The summed E-state index contributed by atoms with van der Waals surface area (Å²) in [5, 5.41) is 0. The van der Waals surface area contributed by atoms with Gasteiger partial charge in [0.1, 0.15) is 0 Å². The van der Waals surface area contributed by atoms with Gasteiger partial charge in [-0.2, -0.15) is 0 Å². The quantitative estimate of drug-likeness (QED) is 0.145. The van der Waals surface area contributed by atoms with Crippen molar-refractivity contribution in [3.8, 4) is 101 Å². The predicted molar refractivity (Wildman–Crippen MR) is 247 cm³/mol. The predicted octanol–water partition coefficient (Wildman–Crippen LogP) is 12.6. The minimum absolute atomic E-state index is 0.723. The number of nitrogens with zero attached hydrogens (tertiary/aromatic N) is 6. The molecule has 0 atom stereocenters. The highest BCUT2D eigenvalue weighted by Gasteiger charge is 2.15. The van der Waals surface area contributed by atoms with E-state index in [0.717, 1.165) is 107 Å². The first-order valence-corrected chi connectivity index (χ1v) is 20.0. The second-order valence-electron chi connectivity index (χ2n) is 14.7. The highest BCUT2D eigenvalue weighted by molar-refractivity contribution is 5.86. The molecule has 2 N–H and O–H groups in total. The number of anilines is 1. The van der Waals surface area contributed by atoms with E-state index in [1.165, 1.54) is 0 Å². The fraction of sp³-hybridized carbons (Fsp3) is 0. The second-order valence-corrected chi connectivity index (χ2v) is 14.7. The van der Waals surface area contributed by atoms with Crippen LogP contribution in [0.4, 0.5) is 5.69 Å². The van der Waals surface area contributed by atoms with Crippen molar-refractivity contribution < 1.29 is 0 Å². The maximum Gasteiger partial charge on any atom is 0.0900 e. The van der Waals surface area contributed by atoms with Gasteiger partial charge in [-0.1, -0.05) is 72.8 Å². The fourth-order valence-corrected chi connectivity index (χ4v) is 7.54. The van der Waals surface area contributed by atoms with Crippen molar-refractivity contribution in [1.29, 1.82) is 0 Å². The van der Waals surface area contributed by atoms with Crippen LogP contribution in [0.1, 0.15) is 0 Å². The maximum atomic E-state index is 6.16. The smallest absolute Gasteiger partial charge is 0.0900 e. The van der Waals surface area contributed by atoms with E-state index in [2.05, 4.69) is 123 Å². The average molecular weight is 784 g/mol. The normalized spacial score (nSPS) is 11.0. The van der Waals surface area contributed by atoms with Crippen molar-refractivity contribution in [3.63, 3.8) is 0 Å². The second kappa shape index (κ2) is 16.4. The molecule has 7 nitrogen and oxygen atoms in total. The van der Waals surface area contributed by atoms with Gasteiger partial charge in [0.15, 0.2) is 0 Å². The van der Waals surface area contributed by atoms with Gasteiger partial charge in [0.2, 0.25) is 0 Å². The van der Waals surface area contributed by atoms with E-state index in [-0.39, 0.29) is 0 Å². The topological polar surface area (TPSA) is 103 Å². The minimum Gasteiger partial charge on any atom is -0.399 e. The number of rotatable bonds is 9. The van der Waals surface area contributed by atoms with E-state index >= 15 is 0 Å². The lowest BCUT2D eigenvalue weighted by Gasteiger charge is -2.14. The van der Waals surface area contributed by atoms with Crippen molar-refractivity contribution in [3.05, 3.63) is 213 Å². The van der Waals surface area contributed by atoms with E-state index in [1.54, 1.807) is 24.8 Å².